The summed E-state index contributed by atoms with van der Waals surface area (Å²) in [4.78, 5) is 20.7. The molecular formula is C16H19N3OS. The van der Waals surface area contributed by atoms with Crippen LogP contribution in [0.1, 0.15) is 41.4 Å². The van der Waals surface area contributed by atoms with E-state index in [0.717, 1.165) is 5.69 Å². The van der Waals surface area contributed by atoms with Crippen LogP contribution in [-0.2, 0) is 0 Å². The smallest absolute Gasteiger partial charge is 0.259 e. The summed E-state index contributed by atoms with van der Waals surface area (Å²) in [7, 11) is 0. The molecule has 2 rings (SSSR count). The fourth-order valence-corrected chi connectivity index (χ4v) is 2.30. The number of anilines is 1. The van der Waals surface area contributed by atoms with Crippen LogP contribution >= 0.6 is 11.8 Å². The Bertz CT molecular complexity index is 638. The number of benzene rings is 1. The molecular weight excluding hydrogens is 282 g/mol. The predicted octanol–water partition coefficient (Wildman–Crippen LogP) is 3.88. The maximum absolute atomic E-state index is 12.3. The Labute approximate surface area is 129 Å². The van der Waals surface area contributed by atoms with Gasteiger partial charge in [0.2, 0.25) is 0 Å². The quantitative estimate of drug-likeness (QED) is 0.687. The number of nitrogens with one attached hydrogen (secondary N) is 1. The first-order chi connectivity index (χ1) is 10.0. The van der Waals surface area contributed by atoms with E-state index in [2.05, 4.69) is 29.1 Å². The molecule has 21 heavy (non-hydrogen) atoms. The van der Waals surface area contributed by atoms with Crippen molar-refractivity contribution >= 4 is 23.4 Å². The largest absolute Gasteiger partial charge is 0.322 e. The summed E-state index contributed by atoms with van der Waals surface area (Å²) in [5.41, 5.74) is 3.21. The second-order valence-corrected chi connectivity index (χ2v) is 5.86. The van der Waals surface area contributed by atoms with Crippen LogP contribution < -0.4 is 5.32 Å². The third-order valence-electron chi connectivity index (χ3n) is 3.22. The van der Waals surface area contributed by atoms with Crippen LogP contribution in [0, 0.1) is 6.92 Å². The molecule has 0 aliphatic heterocycles. The molecule has 1 heterocycles. The van der Waals surface area contributed by atoms with Crippen LogP contribution in [0.5, 0.6) is 0 Å². The molecule has 5 heteroatoms. The molecule has 0 aliphatic rings. The van der Waals surface area contributed by atoms with Crippen molar-refractivity contribution in [1.29, 1.82) is 0 Å². The summed E-state index contributed by atoms with van der Waals surface area (Å²) in [6.07, 6.45) is 3.48. The van der Waals surface area contributed by atoms with Crippen molar-refractivity contribution in [2.45, 2.75) is 31.8 Å². The Kier molecular flexibility index (Phi) is 4.96. The summed E-state index contributed by atoms with van der Waals surface area (Å²) >= 11 is 1.46. The molecule has 1 aromatic carbocycles. The normalized spacial score (nSPS) is 10.7. The van der Waals surface area contributed by atoms with Crippen LogP contribution in [0.3, 0.4) is 0 Å². The van der Waals surface area contributed by atoms with Crippen molar-refractivity contribution in [3.05, 3.63) is 47.3 Å². The van der Waals surface area contributed by atoms with E-state index in [-0.39, 0.29) is 5.91 Å². The molecule has 0 saturated heterocycles. The molecule has 0 radical (unpaired) electrons. The highest BCUT2D eigenvalue weighted by atomic mass is 32.2. The highest BCUT2D eigenvalue weighted by Gasteiger charge is 2.12. The van der Waals surface area contributed by atoms with Gasteiger partial charge in [0.05, 0.1) is 11.3 Å². The number of carbonyl (C=O) groups is 1. The van der Waals surface area contributed by atoms with Crippen molar-refractivity contribution in [3.63, 3.8) is 0 Å². The zero-order valence-electron chi connectivity index (χ0n) is 12.7. The van der Waals surface area contributed by atoms with Crippen LogP contribution in [0.4, 0.5) is 5.69 Å². The number of amides is 1. The first-order valence-electron chi connectivity index (χ1n) is 6.80. The van der Waals surface area contributed by atoms with E-state index in [1.807, 2.05) is 37.4 Å². The van der Waals surface area contributed by atoms with E-state index < -0.39 is 0 Å². The molecule has 1 amide bonds. The lowest BCUT2D eigenvalue weighted by Gasteiger charge is -2.09. The van der Waals surface area contributed by atoms with Gasteiger partial charge in [0.25, 0.3) is 5.91 Å². The minimum Gasteiger partial charge on any atom is -0.322 e. The first kappa shape index (κ1) is 15.5. The summed E-state index contributed by atoms with van der Waals surface area (Å²) in [5, 5.41) is 3.55. The van der Waals surface area contributed by atoms with Gasteiger partial charge >= 0.3 is 0 Å². The highest BCUT2D eigenvalue weighted by molar-refractivity contribution is 7.98. The second kappa shape index (κ2) is 6.72. The van der Waals surface area contributed by atoms with Crippen molar-refractivity contribution in [1.82, 2.24) is 9.97 Å². The number of carbonyl (C=O) groups excluding carboxylic acids is 1. The van der Waals surface area contributed by atoms with Gasteiger partial charge in [-0.25, -0.2) is 9.97 Å². The van der Waals surface area contributed by atoms with Gasteiger partial charge < -0.3 is 5.32 Å². The Morgan fingerprint density at radius 2 is 1.90 bits per heavy atom. The third-order valence-corrected chi connectivity index (χ3v) is 3.78. The lowest BCUT2D eigenvalue weighted by Crippen LogP contribution is -2.15. The average Bonchev–Trinajstić information content (AvgIpc) is 2.47. The minimum atomic E-state index is -0.183. The second-order valence-electron chi connectivity index (χ2n) is 5.09. The van der Waals surface area contributed by atoms with Crippen LogP contribution in [0.2, 0.25) is 0 Å². The Balaban J connectivity index is 2.14. The Morgan fingerprint density at radius 3 is 2.43 bits per heavy atom. The van der Waals surface area contributed by atoms with Crippen molar-refractivity contribution < 1.29 is 4.79 Å². The molecule has 0 atom stereocenters. The summed E-state index contributed by atoms with van der Waals surface area (Å²) < 4.78 is 0. The minimum absolute atomic E-state index is 0.183. The standard InChI is InChI=1S/C16H19N3OS/c1-10(2)12-5-7-13(8-6-12)19-15(20)14-9-17-16(21-4)18-11(14)3/h5-10H,1-4H3,(H,19,20). The summed E-state index contributed by atoms with van der Waals surface area (Å²) in [6, 6.07) is 7.89. The first-order valence-corrected chi connectivity index (χ1v) is 8.02. The molecule has 0 fully saturated rings. The molecule has 1 N–H and O–H groups in total. The number of hydrogen-bond acceptors (Lipinski definition) is 4. The Morgan fingerprint density at radius 1 is 1.24 bits per heavy atom. The zero-order valence-corrected chi connectivity index (χ0v) is 13.5. The van der Waals surface area contributed by atoms with Gasteiger partial charge in [-0.3, -0.25) is 4.79 Å². The monoisotopic (exact) mass is 301 g/mol. The van der Waals surface area contributed by atoms with Crippen molar-refractivity contribution in [2.75, 3.05) is 11.6 Å². The van der Waals surface area contributed by atoms with E-state index in [0.29, 0.717) is 22.3 Å². The van der Waals surface area contributed by atoms with Crippen molar-refractivity contribution in [2.24, 2.45) is 0 Å². The molecule has 0 unspecified atom stereocenters. The van der Waals surface area contributed by atoms with Crippen molar-refractivity contribution in [3.8, 4) is 0 Å². The number of nitrogens with zero attached hydrogens (tertiary/aromatic N) is 2. The topological polar surface area (TPSA) is 54.9 Å². The van der Waals surface area contributed by atoms with Gasteiger partial charge in [0.1, 0.15) is 0 Å². The molecule has 0 bridgehead atoms. The van der Waals surface area contributed by atoms with Gasteiger partial charge in [0, 0.05) is 11.9 Å². The molecule has 110 valence electrons. The molecule has 0 saturated carbocycles. The third kappa shape index (κ3) is 3.82. The van der Waals surface area contributed by atoms with Crippen LogP contribution in [-0.4, -0.2) is 22.1 Å². The fraction of sp³-hybridized carbons (Fsp3) is 0.312. The maximum Gasteiger partial charge on any atom is 0.259 e. The van der Waals surface area contributed by atoms with E-state index in [1.165, 1.54) is 17.3 Å². The lowest BCUT2D eigenvalue weighted by atomic mass is 10.0. The SMILES string of the molecule is CSc1ncc(C(=O)Nc2ccc(C(C)C)cc2)c(C)n1. The van der Waals surface area contributed by atoms with E-state index in [9.17, 15) is 4.79 Å². The summed E-state index contributed by atoms with van der Waals surface area (Å²) in [5.74, 6) is 0.293. The zero-order chi connectivity index (χ0) is 15.4. The fourth-order valence-electron chi connectivity index (χ4n) is 1.92. The highest BCUT2D eigenvalue weighted by Crippen LogP contribution is 2.18. The molecule has 4 nitrogen and oxygen atoms in total. The van der Waals surface area contributed by atoms with Crippen LogP contribution in [0.15, 0.2) is 35.6 Å². The number of thioether (sulfide) groups is 1. The van der Waals surface area contributed by atoms with Crippen LogP contribution in [0.25, 0.3) is 0 Å². The average molecular weight is 301 g/mol. The van der Waals surface area contributed by atoms with E-state index >= 15 is 0 Å². The molecule has 0 spiro atoms. The van der Waals surface area contributed by atoms with Gasteiger partial charge in [-0.1, -0.05) is 37.7 Å². The molecule has 1 aromatic heterocycles. The van der Waals surface area contributed by atoms with Gasteiger partial charge in [-0.05, 0) is 36.8 Å². The summed E-state index contributed by atoms with van der Waals surface area (Å²) in [6.45, 7) is 6.10. The van der Waals surface area contributed by atoms with E-state index in [4.69, 9.17) is 0 Å². The Hall–Kier alpha value is -1.88. The number of aromatic nitrogens is 2. The number of rotatable bonds is 4. The maximum atomic E-state index is 12.3. The van der Waals surface area contributed by atoms with Gasteiger partial charge in [-0.2, -0.15) is 0 Å². The molecule has 2 aromatic rings. The molecule has 0 aliphatic carbocycles. The lowest BCUT2D eigenvalue weighted by molar-refractivity contribution is 0.102. The number of hydrogen-bond donors (Lipinski definition) is 1. The number of aryl methyl sites for hydroxylation is 1. The van der Waals surface area contributed by atoms with E-state index in [1.54, 1.807) is 6.20 Å². The predicted molar refractivity (Wildman–Crippen MR) is 87.0 cm³/mol. The van der Waals surface area contributed by atoms with Gasteiger partial charge in [-0.15, -0.1) is 0 Å². The van der Waals surface area contributed by atoms with Gasteiger partial charge in [0.15, 0.2) is 5.16 Å².